The first-order valence-corrected chi connectivity index (χ1v) is 9.46. The summed E-state index contributed by atoms with van der Waals surface area (Å²) in [6.07, 6.45) is -4.20. The van der Waals surface area contributed by atoms with E-state index in [9.17, 15) is 32.9 Å². The van der Waals surface area contributed by atoms with E-state index >= 15 is 0 Å². The molecule has 1 rings (SSSR count). The van der Waals surface area contributed by atoms with Gasteiger partial charge in [-0.25, -0.2) is 24.7 Å². The maximum absolute atomic E-state index is 12.3. The molecule has 34 heavy (non-hydrogen) atoms. The predicted molar refractivity (Wildman–Crippen MR) is 112 cm³/mol. The lowest BCUT2D eigenvalue weighted by Gasteiger charge is -2.19. The van der Waals surface area contributed by atoms with Gasteiger partial charge < -0.3 is 26.6 Å². The van der Waals surface area contributed by atoms with E-state index in [2.05, 4.69) is 15.0 Å². The van der Waals surface area contributed by atoms with Crippen molar-refractivity contribution in [1.82, 2.24) is 10.7 Å². The van der Waals surface area contributed by atoms with Gasteiger partial charge in [-0.1, -0.05) is 35.8 Å². The van der Waals surface area contributed by atoms with Gasteiger partial charge in [0.2, 0.25) is 5.91 Å². The Bertz CT molecular complexity index is 852. The third-order valence-electron chi connectivity index (χ3n) is 3.82. The molecule has 2 atom stereocenters. The van der Waals surface area contributed by atoms with Crippen molar-refractivity contribution in [2.24, 2.45) is 16.5 Å². The molecular weight excluding hydrogens is 469 g/mol. The van der Waals surface area contributed by atoms with Crippen molar-refractivity contribution >= 4 is 23.8 Å². The van der Waals surface area contributed by atoms with Crippen LogP contribution in [-0.4, -0.2) is 65.9 Å². The number of carboxylic acid groups (broad SMARTS) is 1. The second-order valence-corrected chi connectivity index (χ2v) is 6.46. The van der Waals surface area contributed by atoms with Gasteiger partial charge in [-0.3, -0.25) is 4.79 Å². The van der Waals surface area contributed by atoms with Crippen LogP contribution in [0.5, 0.6) is 0 Å². The average Bonchev–Trinajstić information content (AvgIpc) is 2.75. The lowest BCUT2D eigenvalue weighted by Crippen LogP contribution is -2.49. The topological polar surface area (TPSA) is 212 Å². The summed E-state index contributed by atoms with van der Waals surface area (Å²) < 4.78 is 36.4. The van der Waals surface area contributed by atoms with Gasteiger partial charge >= 0.3 is 18.1 Å². The maximum Gasteiger partial charge on any atom is 0.490 e. The summed E-state index contributed by atoms with van der Waals surface area (Å²) in [4.78, 5) is 47.0. The van der Waals surface area contributed by atoms with E-state index < -0.39 is 41.1 Å². The number of carbonyl (C=O) groups excluding carboxylic acids is 2. The van der Waals surface area contributed by atoms with Gasteiger partial charge in [0.05, 0.1) is 13.2 Å². The Labute approximate surface area is 191 Å². The van der Waals surface area contributed by atoms with Crippen molar-refractivity contribution in [3.63, 3.8) is 0 Å². The molecule has 0 aliphatic heterocycles. The number of rotatable bonds is 10. The first-order chi connectivity index (χ1) is 15.8. The van der Waals surface area contributed by atoms with Crippen LogP contribution in [-0.2, 0) is 25.5 Å². The molecule has 7 N–H and O–H groups in total. The number of nitro groups is 1. The molecule has 16 heteroatoms. The minimum Gasteiger partial charge on any atom is -0.475 e. The number of carbonyl (C=O) groups is 3. The standard InChI is InChI=1S/C16H24N6O5.C2HF3O2/c1-27-15(24)13(8-5-9-19-16(18)21-22(25)26)20-14(23)12(17)10-11-6-3-2-4-7-11;3-2(4,5)1(6)7/h2-4,6-7,12-13H,5,8-10,17H2,1H3,(H,20,23)(H3,18,19,21);(H,6,7)/t12-,13-;/m1./s1. The van der Waals surface area contributed by atoms with Gasteiger partial charge in [0.25, 0.3) is 5.96 Å². The Morgan fingerprint density at radius 1 is 1.26 bits per heavy atom. The molecule has 0 saturated heterocycles. The molecule has 190 valence electrons. The monoisotopic (exact) mass is 494 g/mol. The molecule has 0 unspecified atom stereocenters. The van der Waals surface area contributed by atoms with Crippen LogP contribution in [0.1, 0.15) is 18.4 Å². The zero-order valence-electron chi connectivity index (χ0n) is 17.9. The van der Waals surface area contributed by atoms with Crippen LogP contribution in [0.2, 0.25) is 0 Å². The zero-order chi connectivity index (χ0) is 26.3. The van der Waals surface area contributed by atoms with E-state index in [1.807, 2.05) is 30.3 Å². The normalized spacial score (nSPS) is 12.9. The van der Waals surface area contributed by atoms with E-state index in [-0.39, 0.29) is 18.9 Å². The molecule has 1 aromatic rings. The molecule has 0 aliphatic carbocycles. The number of ether oxygens (including phenoxy) is 1. The number of hydrazine groups is 1. The highest BCUT2D eigenvalue weighted by atomic mass is 19.4. The molecule has 0 bridgehead atoms. The number of hydrogen-bond donors (Lipinski definition) is 5. The first kappa shape index (κ1) is 30.0. The molecular formula is C18H25F3N6O7. The number of carboxylic acids is 1. The number of aliphatic carboxylic acids is 1. The Hall–Kier alpha value is -3.95. The van der Waals surface area contributed by atoms with E-state index in [0.29, 0.717) is 12.8 Å². The smallest absolute Gasteiger partial charge is 0.475 e. The molecule has 0 aliphatic rings. The Balaban J connectivity index is 0.00000135. The molecule has 0 aromatic heterocycles. The zero-order valence-corrected chi connectivity index (χ0v) is 17.9. The Morgan fingerprint density at radius 2 is 1.82 bits per heavy atom. The van der Waals surface area contributed by atoms with E-state index in [1.165, 1.54) is 7.11 Å². The number of nitrogens with two attached hydrogens (primary N) is 2. The van der Waals surface area contributed by atoms with Crippen molar-refractivity contribution in [2.75, 3.05) is 13.7 Å². The van der Waals surface area contributed by atoms with Crippen LogP contribution >= 0.6 is 0 Å². The summed E-state index contributed by atoms with van der Waals surface area (Å²) in [5.41, 5.74) is 13.8. The molecule has 13 nitrogen and oxygen atoms in total. The third-order valence-corrected chi connectivity index (χ3v) is 3.82. The van der Waals surface area contributed by atoms with E-state index in [4.69, 9.17) is 21.4 Å². The molecule has 0 saturated carbocycles. The number of nitrogens with one attached hydrogen (secondary N) is 2. The second-order valence-electron chi connectivity index (χ2n) is 6.46. The molecule has 0 heterocycles. The lowest BCUT2D eigenvalue weighted by molar-refractivity contribution is -0.525. The quantitative estimate of drug-likeness (QED) is 0.0716. The summed E-state index contributed by atoms with van der Waals surface area (Å²) in [5.74, 6) is -4.20. The number of aliphatic imine (C=N–C) groups is 1. The van der Waals surface area contributed by atoms with E-state index in [1.54, 1.807) is 5.43 Å². The van der Waals surface area contributed by atoms with Crippen LogP contribution in [0, 0.1) is 10.1 Å². The minimum absolute atomic E-state index is 0.131. The summed E-state index contributed by atoms with van der Waals surface area (Å²) in [6.45, 7) is 0.131. The van der Waals surface area contributed by atoms with Crippen molar-refractivity contribution in [3.8, 4) is 0 Å². The first-order valence-electron chi connectivity index (χ1n) is 9.46. The lowest BCUT2D eigenvalue weighted by atomic mass is 10.1. The average molecular weight is 494 g/mol. The van der Waals surface area contributed by atoms with Crippen LogP contribution in [0.4, 0.5) is 13.2 Å². The highest BCUT2D eigenvalue weighted by Gasteiger charge is 2.38. The third kappa shape index (κ3) is 13.5. The molecule has 0 fully saturated rings. The maximum atomic E-state index is 12.3. The SMILES string of the molecule is COC(=O)[C@@H](CCCN=C(N)N[N+](=O)[O-])NC(=O)[C@H](N)Cc1ccccc1.O=C(O)C(F)(F)F. The second kappa shape index (κ2) is 15.0. The molecule has 0 radical (unpaired) electrons. The van der Waals surface area contributed by atoms with Crippen molar-refractivity contribution in [3.05, 3.63) is 46.0 Å². The number of amides is 1. The van der Waals surface area contributed by atoms with E-state index in [0.717, 1.165) is 5.56 Å². The number of methoxy groups -OCH3 is 1. The van der Waals surface area contributed by atoms with Gasteiger partial charge in [-0.15, -0.1) is 0 Å². The fraction of sp³-hybridized carbons (Fsp3) is 0.444. The largest absolute Gasteiger partial charge is 0.490 e. The Kier molecular flexibility index (Phi) is 13.2. The molecule has 1 aromatic carbocycles. The van der Waals surface area contributed by atoms with Crippen molar-refractivity contribution < 1.29 is 42.4 Å². The predicted octanol–water partition coefficient (Wildman–Crippen LogP) is -0.276. The van der Waals surface area contributed by atoms with Gasteiger partial charge in [0.1, 0.15) is 6.04 Å². The van der Waals surface area contributed by atoms with Gasteiger partial charge in [-0.05, 0) is 24.8 Å². The number of halogens is 3. The number of benzene rings is 1. The summed E-state index contributed by atoms with van der Waals surface area (Å²) in [5, 5.41) is 19.1. The summed E-state index contributed by atoms with van der Waals surface area (Å²) in [7, 11) is 1.21. The fourth-order valence-corrected chi connectivity index (χ4v) is 2.25. The number of alkyl halides is 3. The van der Waals surface area contributed by atoms with Crippen molar-refractivity contribution in [1.29, 1.82) is 0 Å². The highest BCUT2D eigenvalue weighted by Crippen LogP contribution is 2.13. The van der Waals surface area contributed by atoms with Gasteiger partial charge in [-0.2, -0.15) is 13.2 Å². The van der Waals surface area contributed by atoms with Crippen LogP contribution < -0.4 is 22.2 Å². The Morgan fingerprint density at radius 3 is 2.29 bits per heavy atom. The number of hydrogen-bond acceptors (Lipinski definition) is 8. The summed E-state index contributed by atoms with van der Waals surface area (Å²) >= 11 is 0. The number of esters is 1. The van der Waals surface area contributed by atoms with Crippen LogP contribution in [0.25, 0.3) is 0 Å². The minimum atomic E-state index is -5.08. The molecule has 1 amide bonds. The summed E-state index contributed by atoms with van der Waals surface area (Å²) in [6, 6.07) is 7.54. The van der Waals surface area contributed by atoms with Gasteiger partial charge in [0, 0.05) is 6.54 Å². The fourth-order valence-electron chi connectivity index (χ4n) is 2.25. The highest BCUT2D eigenvalue weighted by molar-refractivity contribution is 5.87. The van der Waals surface area contributed by atoms with Crippen molar-refractivity contribution in [2.45, 2.75) is 37.5 Å². The van der Waals surface area contributed by atoms with Crippen LogP contribution in [0.3, 0.4) is 0 Å². The number of guanidine groups is 1. The van der Waals surface area contributed by atoms with Gasteiger partial charge in [0.15, 0.2) is 5.03 Å². The molecule has 0 spiro atoms. The van der Waals surface area contributed by atoms with Crippen LogP contribution in [0.15, 0.2) is 35.3 Å². The number of nitrogens with zero attached hydrogens (tertiary/aromatic N) is 2.